The summed E-state index contributed by atoms with van der Waals surface area (Å²) in [5.74, 6) is 1.05. The third-order valence-electron chi connectivity index (χ3n) is 4.37. The summed E-state index contributed by atoms with van der Waals surface area (Å²) in [4.78, 5) is 9.19. The molecule has 1 aliphatic heterocycles. The Balaban J connectivity index is 1.76. The van der Waals surface area contributed by atoms with E-state index >= 15 is 0 Å². The molecule has 7 nitrogen and oxygen atoms in total. The highest BCUT2D eigenvalue weighted by Gasteiger charge is 2.19. The number of nitrogens with two attached hydrogens (primary N) is 1. The highest BCUT2D eigenvalue weighted by molar-refractivity contribution is 6.30. The average Bonchev–Trinajstić information content (AvgIpc) is 3.22. The van der Waals surface area contributed by atoms with Crippen LogP contribution in [0.1, 0.15) is 12.8 Å². The number of aryl methyl sites for hydroxylation is 1. The number of nitrogens with one attached hydrogen (secondary N) is 1. The van der Waals surface area contributed by atoms with E-state index in [0.29, 0.717) is 29.0 Å². The summed E-state index contributed by atoms with van der Waals surface area (Å²) in [6.07, 6.45) is 2.35. The first-order valence-electron chi connectivity index (χ1n) is 8.23. The molecule has 0 radical (unpaired) electrons. The molecule has 3 aromatic rings. The van der Waals surface area contributed by atoms with Crippen LogP contribution >= 0.6 is 11.6 Å². The van der Waals surface area contributed by atoms with Crippen LogP contribution in [0.25, 0.3) is 22.3 Å². The van der Waals surface area contributed by atoms with Crippen molar-refractivity contribution in [3.05, 3.63) is 29.3 Å². The van der Waals surface area contributed by atoms with E-state index in [9.17, 15) is 0 Å². The quantitative estimate of drug-likeness (QED) is 0.745. The first kappa shape index (κ1) is 16.1. The Labute approximate surface area is 150 Å². The fourth-order valence-corrected chi connectivity index (χ4v) is 3.15. The lowest BCUT2D eigenvalue weighted by Crippen LogP contribution is -2.19. The number of hydrogen-bond donors (Lipinski definition) is 2. The second-order valence-electron chi connectivity index (χ2n) is 6.13. The lowest BCUT2D eigenvalue weighted by molar-refractivity contribution is 0.120. The molecule has 2 aromatic heterocycles. The van der Waals surface area contributed by atoms with Crippen molar-refractivity contribution in [1.29, 1.82) is 0 Å². The van der Waals surface area contributed by atoms with E-state index in [0.717, 1.165) is 36.1 Å². The average molecular weight is 359 g/mol. The zero-order chi connectivity index (χ0) is 17.4. The normalized spacial score (nSPS) is 17.3. The van der Waals surface area contributed by atoms with Gasteiger partial charge in [-0.3, -0.25) is 4.68 Å². The van der Waals surface area contributed by atoms with Gasteiger partial charge in [-0.05, 0) is 25.0 Å². The van der Waals surface area contributed by atoms with Crippen molar-refractivity contribution in [3.63, 3.8) is 0 Å². The molecule has 0 spiro atoms. The summed E-state index contributed by atoms with van der Waals surface area (Å²) in [6, 6.07) is 7.49. The number of ether oxygens (including phenoxy) is 1. The molecule has 0 amide bonds. The fourth-order valence-electron chi connectivity index (χ4n) is 3.02. The van der Waals surface area contributed by atoms with Crippen molar-refractivity contribution < 1.29 is 4.74 Å². The lowest BCUT2D eigenvalue weighted by atomic mass is 10.1. The smallest absolute Gasteiger partial charge is 0.225 e. The van der Waals surface area contributed by atoms with Gasteiger partial charge >= 0.3 is 0 Å². The van der Waals surface area contributed by atoms with Gasteiger partial charge in [0.2, 0.25) is 5.95 Å². The zero-order valence-corrected chi connectivity index (χ0v) is 14.6. The van der Waals surface area contributed by atoms with E-state index in [1.165, 1.54) is 0 Å². The minimum Gasteiger partial charge on any atom is -0.383 e. The molecule has 0 saturated carbocycles. The predicted octanol–water partition coefficient (Wildman–Crippen LogP) is 2.86. The predicted molar refractivity (Wildman–Crippen MR) is 98.6 cm³/mol. The number of nitrogen functional groups attached to an aromatic ring is 1. The molecule has 1 fully saturated rings. The molecule has 1 atom stereocenters. The molecular formula is C17H19ClN6O. The number of benzene rings is 1. The summed E-state index contributed by atoms with van der Waals surface area (Å²) in [6.45, 7) is 1.49. The minimum atomic E-state index is 0.201. The van der Waals surface area contributed by atoms with Crippen LogP contribution in [0.5, 0.6) is 0 Å². The van der Waals surface area contributed by atoms with Crippen LogP contribution in [0, 0.1) is 0 Å². The number of hydrogen-bond acceptors (Lipinski definition) is 6. The van der Waals surface area contributed by atoms with Crippen molar-refractivity contribution in [2.45, 2.75) is 18.9 Å². The number of nitrogens with zero attached hydrogens (tertiary/aromatic N) is 4. The van der Waals surface area contributed by atoms with Crippen molar-refractivity contribution in [2.75, 3.05) is 24.2 Å². The Hall–Kier alpha value is -2.38. The molecule has 1 saturated heterocycles. The van der Waals surface area contributed by atoms with Crippen LogP contribution in [-0.2, 0) is 11.8 Å². The summed E-state index contributed by atoms with van der Waals surface area (Å²) in [7, 11) is 1.79. The molecule has 1 aliphatic rings. The summed E-state index contributed by atoms with van der Waals surface area (Å²) >= 11 is 6.01. The summed E-state index contributed by atoms with van der Waals surface area (Å²) in [5, 5.41) is 9.08. The Morgan fingerprint density at radius 3 is 2.84 bits per heavy atom. The Bertz CT molecular complexity index is 902. The van der Waals surface area contributed by atoms with Crippen LogP contribution < -0.4 is 11.1 Å². The number of fused-ring (bicyclic) bond motifs is 1. The van der Waals surface area contributed by atoms with Gasteiger partial charge in [-0.1, -0.05) is 23.7 Å². The second kappa shape index (κ2) is 6.50. The standard InChI is InChI=1S/C17H19ClN6O/c1-24-15(19)13-14(10-4-6-11(18)7-5-10)21-17(22-16(13)23-24)20-9-12-3-2-8-25-12/h4-7,12H,2-3,8-9,19H2,1H3,(H,20,22,23)/t12-/m0/s1. The Morgan fingerprint density at radius 2 is 2.12 bits per heavy atom. The number of rotatable bonds is 4. The monoisotopic (exact) mass is 358 g/mol. The maximum atomic E-state index is 6.18. The zero-order valence-electron chi connectivity index (χ0n) is 13.9. The minimum absolute atomic E-state index is 0.201. The van der Waals surface area contributed by atoms with Gasteiger partial charge < -0.3 is 15.8 Å². The third kappa shape index (κ3) is 3.12. The SMILES string of the molecule is Cn1nc2nc(NC[C@@H]3CCCO3)nc(-c3ccc(Cl)cc3)c2c1N. The molecule has 4 rings (SSSR count). The van der Waals surface area contributed by atoms with Gasteiger partial charge in [0.05, 0.1) is 17.2 Å². The van der Waals surface area contributed by atoms with E-state index in [1.54, 1.807) is 11.7 Å². The molecule has 0 bridgehead atoms. The van der Waals surface area contributed by atoms with E-state index in [-0.39, 0.29) is 6.10 Å². The van der Waals surface area contributed by atoms with Gasteiger partial charge in [0, 0.05) is 30.8 Å². The van der Waals surface area contributed by atoms with Gasteiger partial charge in [0.15, 0.2) is 5.65 Å². The first-order chi connectivity index (χ1) is 12.1. The number of aromatic nitrogens is 4. The van der Waals surface area contributed by atoms with E-state index in [1.807, 2.05) is 24.3 Å². The number of halogens is 1. The van der Waals surface area contributed by atoms with E-state index in [4.69, 9.17) is 22.1 Å². The molecule has 1 aromatic carbocycles. The fraction of sp³-hybridized carbons (Fsp3) is 0.353. The van der Waals surface area contributed by atoms with Gasteiger partial charge in [-0.15, -0.1) is 0 Å². The van der Waals surface area contributed by atoms with Crippen molar-refractivity contribution >= 4 is 34.4 Å². The highest BCUT2D eigenvalue weighted by atomic mass is 35.5. The Morgan fingerprint density at radius 1 is 1.32 bits per heavy atom. The molecule has 130 valence electrons. The van der Waals surface area contributed by atoms with Gasteiger partial charge in [0.25, 0.3) is 0 Å². The summed E-state index contributed by atoms with van der Waals surface area (Å²) < 4.78 is 7.25. The lowest BCUT2D eigenvalue weighted by Gasteiger charge is -2.12. The highest BCUT2D eigenvalue weighted by Crippen LogP contribution is 2.31. The maximum absolute atomic E-state index is 6.18. The van der Waals surface area contributed by atoms with Crippen LogP contribution in [0.2, 0.25) is 5.02 Å². The third-order valence-corrected chi connectivity index (χ3v) is 4.62. The van der Waals surface area contributed by atoms with Gasteiger partial charge in [-0.25, -0.2) is 4.98 Å². The first-order valence-corrected chi connectivity index (χ1v) is 8.61. The van der Waals surface area contributed by atoms with Gasteiger partial charge in [-0.2, -0.15) is 10.1 Å². The topological polar surface area (TPSA) is 90.9 Å². The molecule has 0 aliphatic carbocycles. The molecule has 3 N–H and O–H groups in total. The molecule has 8 heteroatoms. The van der Waals surface area contributed by atoms with Crippen LogP contribution in [0.4, 0.5) is 11.8 Å². The van der Waals surface area contributed by atoms with Crippen LogP contribution in [-0.4, -0.2) is 39.0 Å². The van der Waals surface area contributed by atoms with E-state index < -0.39 is 0 Å². The van der Waals surface area contributed by atoms with Crippen LogP contribution in [0.15, 0.2) is 24.3 Å². The second-order valence-corrected chi connectivity index (χ2v) is 6.56. The molecule has 3 heterocycles. The van der Waals surface area contributed by atoms with Crippen molar-refractivity contribution in [2.24, 2.45) is 7.05 Å². The maximum Gasteiger partial charge on any atom is 0.225 e. The molecular weight excluding hydrogens is 340 g/mol. The van der Waals surface area contributed by atoms with Gasteiger partial charge in [0.1, 0.15) is 5.82 Å². The van der Waals surface area contributed by atoms with Crippen molar-refractivity contribution in [3.8, 4) is 11.3 Å². The van der Waals surface area contributed by atoms with Crippen LogP contribution in [0.3, 0.4) is 0 Å². The van der Waals surface area contributed by atoms with Crippen molar-refractivity contribution in [1.82, 2.24) is 19.7 Å². The largest absolute Gasteiger partial charge is 0.383 e. The van der Waals surface area contributed by atoms with E-state index in [2.05, 4.69) is 20.4 Å². The number of anilines is 2. The molecule has 0 unspecified atom stereocenters. The summed E-state index contributed by atoms with van der Waals surface area (Å²) in [5.41, 5.74) is 8.40. The Kier molecular flexibility index (Phi) is 4.19. The molecule has 25 heavy (non-hydrogen) atoms.